The number of aromatic nitrogens is 3. The number of hydrogen-bond acceptors (Lipinski definition) is 9. The Hall–Kier alpha value is -2.79. The standard InChI is InChI=1S/C12H14N6O4S/c1-6-2-3-7(23(15,20)21)4-8(6)10(19)22-5-9-16-11(13)18-12(14)17-9/h2-4H,5H2,1H3,(H2,15,20,21)(H4,13,14,16,17,18). The first-order valence-electron chi connectivity index (χ1n) is 6.23. The number of esters is 1. The molecule has 1 heterocycles. The van der Waals surface area contributed by atoms with Crippen molar-refractivity contribution in [2.24, 2.45) is 5.14 Å². The van der Waals surface area contributed by atoms with E-state index < -0.39 is 16.0 Å². The summed E-state index contributed by atoms with van der Waals surface area (Å²) < 4.78 is 27.7. The second-order valence-corrected chi connectivity index (χ2v) is 6.13. The van der Waals surface area contributed by atoms with Crippen LogP contribution in [0.25, 0.3) is 0 Å². The maximum Gasteiger partial charge on any atom is 0.338 e. The van der Waals surface area contributed by atoms with Gasteiger partial charge in [-0.1, -0.05) is 6.07 Å². The molecule has 122 valence electrons. The van der Waals surface area contributed by atoms with E-state index in [0.29, 0.717) is 5.56 Å². The number of carbonyl (C=O) groups excluding carboxylic acids is 1. The van der Waals surface area contributed by atoms with Gasteiger partial charge in [0.15, 0.2) is 12.4 Å². The molecule has 0 aliphatic rings. The van der Waals surface area contributed by atoms with Crippen LogP contribution in [0.4, 0.5) is 11.9 Å². The molecule has 0 saturated carbocycles. The van der Waals surface area contributed by atoms with Crippen molar-refractivity contribution in [1.29, 1.82) is 0 Å². The third-order valence-corrected chi connectivity index (χ3v) is 3.72. The van der Waals surface area contributed by atoms with Crippen LogP contribution in [-0.4, -0.2) is 29.3 Å². The molecule has 0 atom stereocenters. The van der Waals surface area contributed by atoms with Crippen molar-refractivity contribution in [3.05, 3.63) is 35.2 Å². The number of aryl methyl sites for hydroxylation is 1. The fraction of sp³-hybridized carbons (Fsp3) is 0.167. The van der Waals surface area contributed by atoms with Gasteiger partial charge >= 0.3 is 5.97 Å². The van der Waals surface area contributed by atoms with E-state index >= 15 is 0 Å². The van der Waals surface area contributed by atoms with Gasteiger partial charge < -0.3 is 16.2 Å². The molecule has 0 radical (unpaired) electrons. The minimum Gasteiger partial charge on any atom is -0.454 e. The molecule has 0 fully saturated rings. The number of nitrogens with two attached hydrogens (primary N) is 3. The number of benzene rings is 1. The van der Waals surface area contributed by atoms with Crippen molar-refractivity contribution in [2.75, 3.05) is 11.5 Å². The molecule has 0 unspecified atom stereocenters. The summed E-state index contributed by atoms with van der Waals surface area (Å²) in [6.07, 6.45) is 0. The molecule has 0 bridgehead atoms. The Bertz CT molecular complexity index is 848. The molecule has 1 aromatic heterocycles. The first kappa shape index (κ1) is 16.6. The summed E-state index contributed by atoms with van der Waals surface area (Å²) in [5.41, 5.74) is 11.4. The lowest BCUT2D eigenvalue weighted by Gasteiger charge is -2.08. The van der Waals surface area contributed by atoms with E-state index in [1.807, 2.05) is 0 Å². The van der Waals surface area contributed by atoms with Gasteiger partial charge in [-0.25, -0.2) is 18.4 Å². The van der Waals surface area contributed by atoms with Crippen molar-refractivity contribution in [2.45, 2.75) is 18.4 Å². The number of hydrogen-bond donors (Lipinski definition) is 3. The molecule has 11 heteroatoms. The van der Waals surface area contributed by atoms with E-state index in [-0.39, 0.29) is 34.8 Å². The Kier molecular flexibility index (Phi) is 4.43. The van der Waals surface area contributed by atoms with Crippen molar-refractivity contribution < 1.29 is 17.9 Å². The zero-order valence-electron chi connectivity index (χ0n) is 12.1. The lowest BCUT2D eigenvalue weighted by molar-refractivity contribution is 0.0461. The molecule has 0 spiro atoms. The molecule has 6 N–H and O–H groups in total. The smallest absolute Gasteiger partial charge is 0.338 e. The van der Waals surface area contributed by atoms with E-state index in [4.69, 9.17) is 21.3 Å². The number of ether oxygens (including phenoxy) is 1. The summed E-state index contributed by atoms with van der Waals surface area (Å²) in [4.78, 5) is 23.0. The van der Waals surface area contributed by atoms with Gasteiger partial charge in [0.1, 0.15) is 0 Å². The number of nitrogens with zero attached hydrogens (tertiary/aromatic N) is 3. The van der Waals surface area contributed by atoms with Crippen LogP contribution in [0, 0.1) is 6.92 Å². The van der Waals surface area contributed by atoms with E-state index in [9.17, 15) is 13.2 Å². The third-order valence-electron chi connectivity index (χ3n) is 2.81. The third kappa shape index (κ3) is 4.11. The van der Waals surface area contributed by atoms with E-state index in [2.05, 4.69) is 15.0 Å². The van der Waals surface area contributed by atoms with Gasteiger partial charge in [-0.15, -0.1) is 0 Å². The highest BCUT2D eigenvalue weighted by atomic mass is 32.2. The number of primary sulfonamides is 1. The first-order chi connectivity index (χ1) is 10.7. The van der Waals surface area contributed by atoms with Gasteiger partial charge in [0, 0.05) is 0 Å². The fourth-order valence-corrected chi connectivity index (χ4v) is 2.27. The minimum absolute atomic E-state index is 0.0616. The second kappa shape index (κ2) is 6.14. The maximum absolute atomic E-state index is 12.1. The topological polar surface area (TPSA) is 177 Å². The summed E-state index contributed by atoms with van der Waals surface area (Å²) in [7, 11) is -3.93. The highest BCUT2D eigenvalue weighted by Crippen LogP contribution is 2.16. The fourth-order valence-electron chi connectivity index (χ4n) is 1.73. The van der Waals surface area contributed by atoms with Crippen LogP contribution in [0.5, 0.6) is 0 Å². The molecule has 1 aromatic carbocycles. The predicted octanol–water partition coefficient (Wildman–Crippen LogP) is -0.651. The molecule has 0 amide bonds. The predicted molar refractivity (Wildman–Crippen MR) is 80.3 cm³/mol. The largest absolute Gasteiger partial charge is 0.454 e. The van der Waals surface area contributed by atoms with Crippen LogP contribution in [0.15, 0.2) is 23.1 Å². The maximum atomic E-state index is 12.1. The molecule has 2 aromatic rings. The van der Waals surface area contributed by atoms with Gasteiger partial charge in [-0.3, -0.25) is 0 Å². The Morgan fingerprint density at radius 3 is 2.35 bits per heavy atom. The SMILES string of the molecule is Cc1ccc(S(N)(=O)=O)cc1C(=O)OCc1nc(N)nc(N)n1. The van der Waals surface area contributed by atoms with Crippen LogP contribution >= 0.6 is 0 Å². The summed E-state index contributed by atoms with van der Waals surface area (Å²) in [5, 5.41) is 5.04. The normalized spacial score (nSPS) is 11.2. The highest BCUT2D eigenvalue weighted by molar-refractivity contribution is 7.89. The first-order valence-corrected chi connectivity index (χ1v) is 7.78. The number of anilines is 2. The van der Waals surface area contributed by atoms with E-state index in [1.165, 1.54) is 12.1 Å². The lowest BCUT2D eigenvalue weighted by atomic mass is 10.1. The number of sulfonamides is 1. The van der Waals surface area contributed by atoms with Gasteiger partial charge in [0.2, 0.25) is 21.9 Å². The minimum atomic E-state index is -3.93. The molecule has 0 aliphatic carbocycles. The van der Waals surface area contributed by atoms with Gasteiger partial charge in [-0.05, 0) is 24.6 Å². The molecule has 0 saturated heterocycles. The monoisotopic (exact) mass is 338 g/mol. The summed E-state index contributed by atoms with van der Waals surface area (Å²) >= 11 is 0. The Morgan fingerprint density at radius 1 is 1.17 bits per heavy atom. The van der Waals surface area contributed by atoms with Crippen LogP contribution in [0.2, 0.25) is 0 Å². The summed E-state index contributed by atoms with van der Waals surface area (Å²) in [5.74, 6) is -0.888. The molecular formula is C12H14N6O4S. The summed E-state index contributed by atoms with van der Waals surface area (Å²) in [6.45, 7) is 1.33. The lowest BCUT2D eigenvalue weighted by Crippen LogP contribution is -2.15. The van der Waals surface area contributed by atoms with E-state index in [0.717, 1.165) is 6.07 Å². The van der Waals surface area contributed by atoms with Crippen LogP contribution in [-0.2, 0) is 21.4 Å². The summed E-state index contributed by atoms with van der Waals surface area (Å²) in [6, 6.07) is 3.90. The molecule has 2 rings (SSSR count). The number of nitrogen functional groups attached to an aromatic ring is 2. The van der Waals surface area contributed by atoms with Gasteiger partial charge in [0.25, 0.3) is 0 Å². The van der Waals surface area contributed by atoms with E-state index in [1.54, 1.807) is 6.92 Å². The quantitative estimate of drug-likeness (QED) is 0.611. The van der Waals surface area contributed by atoms with Crippen LogP contribution in [0.1, 0.15) is 21.7 Å². The van der Waals surface area contributed by atoms with Crippen molar-refractivity contribution in [3.8, 4) is 0 Å². The van der Waals surface area contributed by atoms with Gasteiger partial charge in [0.05, 0.1) is 10.5 Å². The number of carbonyl (C=O) groups is 1. The molecular weight excluding hydrogens is 324 g/mol. The zero-order valence-corrected chi connectivity index (χ0v) is 12.9. The van der Waals surface area contributed by atoms with Gasteiger partial charge in [-0.2, -0.15) is 15.0 Å². The Morgan fingerprint density at radius 2 is 1.78 bits per heavy atom. The Balaban J connectivity index is 2.21. The highest BCUT2D eigenvalue weighted by Gasteiger charge is 2.16. The number of rotatable bonds is 4. The average Bonchev–Trinajstić information content (AvgIpc) is 2.43. The molecule has 23 heavy (non-hydrogen) atoms. The molecule has 0 aliphatic heterocycles. The second-order valence-electron chi connectivity index (χ2n) is 4.57. The van der Waals surface area contributed by atoms with Crippen molar-refractivity contribution in [1.82, 2.24) is 15.0 Å². The van der Waals surface area contributed by atoms with Crippen LogP contribution < -0.4 is 16.6 Å². The average molecular weight is 338 g/mol. The Labute approximate surface area is 131 Å². The van der Waals surface area contributed by atoms with Crippen molar-refractivity contribution in [3.63, 3.8) is 0 Å². The van der Waals surface area contributed by atoms with Crippen LogP contribution in [0.3, 0.4) is 0 Å². The zero-order chi connectivity index (χ0) is 17.2. The van der Waals surface area contributed by atoms with Crippen molar-refractivity contribution >= 4 is 27.9 Å². The molecule has 10 nitrogen and oxygen atoms in total.